The Labute approximate surface area is 103 Å². The Morgan fingerprint density at radius 1 is 1.29 bits per heavy atom. The van der Waals surface area contributed by atoms with Gasteiger partial charge in [0, 0.05) is 6.04 Å². The second kappa shape index (κ2) is 6.47. The smallest absolute Gasteiger partial charge is 0.312 e. The van der Waals surface area contributed by atoms with Gasteiger partial charge < -0.3 is 16.4 Å². The number of rotatable bonds is 5. The summed E-state index contributed by atoms with van der Waals surface area (Å²) in [5, 5.41) is 5.49. The monoisotopic (exact) mass is 241 g/mol. The van der Waals surface area contributed by atoms with Crippen LogP contribution in [0.3, 0.4) is 0 Å². The van der Waals surface area contributed by atoms with Crippen molar-refractivity contribution in [3.63, 3.8) is 0 Å². The van der Waals surface area contributed by atoms with Crippen molar-refractivity contribution < 1.29 is 9.59 Å². The summed E-state index contributed by atoms with van der Waals surface area (Å²) in [5.41, 5.74) is 5.08. The van der Waals surface area contributed by atoms with Gasteiger partial charge in [-0.2, -0.15) is 0 Å². The summed E-state index contributed by atoms with van der Waals surface area (Å²) in [4.78, 5) is 22.9. The van der Waals surface area contributed by atoms with E-state index in [4.69, 9.17) is 5.73 Å². The SMILES string of the molecule is CC(C)C[C@@H](NC(N)=O)C(=O)NC1CCCC1. The number of nitrogens with two attached hydrogens (primary N) is 1. The molecule has 5 heteroatoms. The summed E-state index contributed by atoms with van der Waals surface area (Å²) in [6.07, 6.45) is 5.03. The van der Waals surface area contributed by atoms with E-state index in [-0.39, 0.29) is 11.9 Å². The second-order valence-electron chi connectivity index (χ2n) is 5.18. The first-order chi connectivity index (χ1) is 7.99. The molecule has 0 aromatic rings. The van der Waals surface area contributed by atoms with Crippen LogP contribution in [0.1, 0.15) is 46.0 Å². The maximum Gasteiger partial charge on any atom is 0.312 e. The van der Waals surface area contributed by atoms with Crippen LogP contribution in [0.2, 0.25) is 0 Å². The van der Waals surface area contributed by atoms with Crippen molar-refractivity contribution in [2.75, 3.05) is 0 Å². The third kappa shape index (κ3) is 5.06. The van der Waals surface area contributed by atoms with Crippen LogP contribution in [0.25, 0.3) is 0 Å². The largest absolute Gasteiger partial charge is 0.352 e. The number of amides is 3. The fourth-order valence-corrected chi connectivity index (χ4v) is 2.25. The summed E-state index contributed by atoms with van der Waals surface area (Å²) in [5.74, 6) is 0.227. The van der Waals surface area contributed by atoms with Gasteiger partial charge in [-0.3, -0.25) is 4.79 Å². The van der Waals surface area contributed by atoms with Gasteiger partial charge >= 0.3 is 6.03 Å². The van der Waals surface area contributed by atoms with Crippen molar-refractivity contribution in [1.29, 1.82) is 0 Å². The summed E-state index contributed by atoms with van der Waals surface area (Å²) in [6, 6.07) is -0.878. The van der Waals surface area contributed by atoms with Crippen molar-refractivity contribution in [1.82, 2.24) is 10.6 Å². The zero-order chi connectivity index (χ0) is 12.8. The fraction of sp³-hybridized carbons (Fsp3) is 0.833. The summed E-state index contributed by atoms with van der Waals surface area (Å²) >= 11 is 0. The molecule has 0 aliphatic heterocycles. The zero-order valence-electron chi connectivity index (χ0n) is 10.7. The van der Waals surface area contributed by atoms with Crippen LogP contribution in [-0.2, 0) is 4.79 Å². The minimum Gasteiger partial charge on any atom is -0.352 e. The van der Waals surface area contributed by atoms with E-state index in [0.29, 0.717) is 12.3 Å². The molecule has 1 atom stereocenters. The van der Waals surface area contributed by atoms with E-state index in [1.165, 1.54) is 12.8 Å². The Bertz CT molecular complexity index is 273. The molecule has 0 aromatic heterocycles. The summed E-state index contributed by atoms with van der Waals surface area (Å²) in [6.45, 7) is 4.02. The lowest BCUT2D eigenvalue weighted by Gasteiger charge is -2.21. The molecular formula is C12H23N3O2. The molecule has 0 unspecified atom stereocenters. The fourth-order valence-electron chi connectivity index (χ4n) is 2.25. The lowest BCUT2D eigenvalue weighted by molar-refractivity contribution is -0.124. The normalized spacial score (nSPS) is 18.1. The van der Waals surface area contributed by atoms with E-state index in [0.717, 1.165) is 12.8 Å². The highest BCUT2D eigenvalue weighted by atomic mass is 16.2. The van der Waals surface area contributed by atoms with Gasteiger partial charge in [0.1, 0.15) is 6.04 Å². The highest BCUT2D eigenvalue weighted by molar-refractivity contribution is 5.86. The topological polar surface area (TPSA) is 84.2 Å². The van der Waals surface area contributed by atoms with Crippen molar-refractivity contribution in [2.45, 2.75) is 58.0 Å². The molecule has 1 rings (SSSR count). The van der Waals surface area contributed by atoms with E-state index in [9.17, 15) is 9.59 Å². The number of carbonyl (C=O) groups is 2. The number of hydrogen-bond donors (Lipinski definition) is 3. The quantitative estimate of drug-likeness (QED) is 0.674. The van der Waals surface area contributed by atoms with E-state index in [1.807, 2.05) is 13.8 Å². The van der Waals surface area contributed by atoms with Gasteiger partial charge in [0.05, 0.1) is 0 Å². The van der Waals surface area contributed by atoms with Gasteiger partial charge in [-0.1, -0.05) is 26.7 Å². The van der Waals surface area contributed by atoms with Gasteiger partial charge in [0.2, 0.25) is 5.91 Å². The molecule has 0 heterocycles. The molecule has 1 fully saturated rings. The Hall–Kier alpha value is -1.26. The Morgan fingerprint density at radius 2 is 1.88 bits per heavy atom. The molecule has 0 aromatic carbocycles. The Balaban J connectivity index is 2.48. The minimum absolute atomic E-state index is 0.107. The maximum atomic E-state index is 12.0. The predicted octanol–water partition coefficient (Wildman–Crippen LogP) is 1.13. The molecular weight excluding hydrogens is 218 g/mol. The molecule has 4 N–H and O–H groups in total. The molecule has 0 bridgehead atoms. The molecule has 5 nitrogen and oxygen atoms in total. The third-order valence-corrected chi connectivity index (χ3v) is 3.04. The summed E-state index contributed by atoms with van der Waals surface area (Å²) in [7, 11) is 0. The second-order valence-corrected chi connectivity index (χ2v) is 5.18. The van der Waals surface area contributed by atoms with Gasteiger partial charge in [-0.15, -0.1) is 0 Å². The zero-order valence-corrected chi connectivity index (χ0v) is 10.7. The number of primary amides is 1. The van der Waals surface area contributed by atoms with Crippen LogP contribution in [0.15, 0.2) is 0 Å². The molecule has 0 saturated heterocycles. The van der Waals surface area contributed by atoms with Crippen molar-refractivity contribution in [3.8, 4) is 0 Å². The van der Waals surface area contributed by atoms with Crippen molar-refractivity contribution in [2.24, 2.45) is 11.7 Å². The molecule has 1 aliphatic carbocycles. The predicted molar refractivity (Wildman–Crippen MR) is 66.4 cm³/mol. The number of urea groups is 1. The molecule has 17 heavy (non-hydrogen) atoms. The van der Waals surface area contributed by atoms with Crippen LogP contribution in [0.4, 0.5) is 4.79 Å². The van der Waals surface area contributed by atoms with Gasteiger partial charge in [0.25, 0.3) is 0 Å². The highest BCUT2D eigenvalue weighted by Gasteiger charge is 2.24. The molecule has 1 saturated carbocycles. The lowest BCUT2D eigenvalue weighted by Crippen LogP contribution is -2.51. The van der Waals surface area contributed by atoms with Gasteiger partial charge in [-0.25, -0.2) is 4.79 Å². The van der Waals surface area contributed by atoms with Crippen molar-refractivity contribution in [3.05, 3.63) is 0 Å². The number of nitrogens with one attached hydrogen (secondary N) is 2. The first-order valence-corrected chi connectivity index (χ1v) is 6.35. The molecule has 98 valence electrons. The minimum atomic E-state index is -0.641. The first kappa shape index (κ1) is 13.8. The van der Waals surface area contributed by atoms with Crippen molar-refractivity contribution >= 4 is 11.9 Å². The van der Waals surface area contributed by atoms with Gasteiger partial charge in [-0.05, 0) is 25.2 Å². The van der Waals surface area contributed by atoms with E-state index < -0.39 is 12.1 Å². The lowest BCUT2D eigenvalue weighted by atomic mass is 10.0. The molecule has 0 radical (unpaired) electrons. The van der Waals surface area contributed by atoms with Crippen LogP contribution in [-0.4, -0.2) is 24.0 Å². The van der Waals surface area contributed by atoms with E-state index in [1.54, 1.807) is 0 Å². The van der Waals surface area contributed by atoms with Crippen LogP contribution in [0, 0.1) is 5.92 Å². The van der Waals surface area contributed by atoms with E-state index in [2.05, 4.69) is 10.6 Å². The average molecular weight is 241 g/mol. The number of hydrogen-bond acceptors (Lipinski definition) is 2. The molecule has 0 spiro atoms. The first-order valence-electron chi connectivity index (χ1n) is 6.35. The van der Waals surface area contributed by atoms with Gasteiger partial charge in [0.15, 0.2) is 0 Å². The maximum absolute atomic E-state index is 12.0. The average Bonchev–Trinajstić information content (AvgIpc) is 2.67. The number of carbonyl (C=O) groups excluding carboxylic acids is 2. The van der Waals surface area contributed by atoms with E-state index >= 15 is 0 Å². The van der Waals surface area contributed by atoms with Crippen LogP contribution >= 0.6 is 0 Å². The standard InChI is InChI=1S/C12H23N3O2/c1-8(2)7-10(15-12(13)17)11(16)14-9-5-3-4-6-9/h8-10H,3-7H2,1-2H3,(H,14,16)(H3,13,15,17)/t10-/m1/s1. The Kier molecular flexibility index (Phi) is 5.25. The van der Waals surface area contributed by atoms with Crippen LogP contribution < -0.4 is 16.4 Å². The Morgan fingerprint density at radius 3 is 2.35 bits per heavy atom. The highest BCUT2D eigenvalue weighted by Crippen LogP contribution is 2.18. The molecule has 3 amide bonds. The molecule has 1 aliphatic rings. The van der Waals surface area contributed by atoms with Crippen LogP contribution in [0.5, 0.6) is 0 Å². The summed E-state index contributed by atoms with van der Waals surface area (Å²) < 4.78 is 0. The third-order valence-electron chi connectivity index (χ3n) is 3.04.